The Bertz CT molecular complexity index is 1120. The first-order chi connectivity index (χ1) is 15.3. The van der Waals surface area contributed by atoms with Gasteiger partial charge in [0.05, 0.1) is 16.5 Å². The second-order valence-corrected chi connectivity index (χ2v) is 9.30. The lowest BCUT2D eigenvalue weighted by Gasteiger charge is -2.14. The molecule has 1 aliphatic rings. The van der Waals surface area contributed by atoms with Crippen molar-refractivity contribution >= 4 is 67.8 Å². The van der Waals surface area contributed by atoms with Crippen molar-refractivity contribution < 1.29 is 19.1 Å². The van der Waals surface area contributed by atoms with Crippen LogP contribution in [0.15, 0.2) is 58.4 Å². The van der Waals surface area contributed by atoms with Gasteiger partial charge in [-0.3, -0.25) is 14.5 Å². The van der Waals surface area contributed by atoms with Crippen molar-refractivity contribution in [1.29, 1.82) is 0 Å². The fourth-order valence-electron chi connectivity index (χ4n) is 2.94. The predicted molar refractivity (Wildman–Crippen MR) is 136 cm³/mol. The van der Waals surface area contributed by atoms with Crippen LogP contribution in [0.5, 0.6) is 11.5 Å². The summed E-state index contributed by atoms with van der Waals surface area (Å²) in [5.74, 6) is 0.367. The average Bonchev–Trinajstić information content (AvgIpc) is 3.02. The smallest absolute Gasteiger partial charge is 0.266 e. The van der Waals surface area contributed by atoms with Gasteiger partial charge in [-0.05, 0) is 58.3 Å². The Labute approximate surface area is 204 Å². The Hall–Kier alpha value is -2.62. The summed E-state index contributed by atoms with van der Waals surface area (Å²) in [7, 11) is 1.51. The molecule has 1 N–H and O–H groups in total. The summed E-state index contributed by atoms with van der Waals surface area (Å²) in [4.78, 5) is 26.9. The Morgan fingerprint density at radius 3 is 2.78 bits per heavy atom. The molecule has 0 unspecified atom stereocenters. The van der Waals surface area contributed by atoms with E-state index in [9.17, 15) is 9.59 Å². The topological polar surface area (TPSA) is 67.9 Å². The van der Waals surface area contributed by atoms with Gasteiger partial charge in [-0.1, -0.05) is 48.3 Å². The molecule has 0 spiro atoms. The second-order valence-electron chi connectivity index (χ2n) is 6.77. The first kappa shape index (κ1) is 24.0. The van der Waals surface area contributed by atoms with Crippen LogP contribution in [-0.2, 0) is 9.59 Å². The third kappa shape index (κ3) is 5.59. The molecule has 0 aromatic heterocycles. The number of halogens is 1. The summed E-state index contributed by atoms with van der Waals surface area (Å²) >= 11 is 9.98. The highest BCUT2D eigenvalue weighted by Crippen LogP contribution is 2.39. The molecule has 1 aliphatic heterocycles. The molecule has 166 valence electrons. The van der Waals surface area contributed by atoms with Crippen molar-refractivity contribution in [2.75, 3.05) is 25.6 Å². The molecule has 2 aromatic rings. The van der Waals surface area contributed by atoms with Crippen LogP contribution in [0.4, 0.5) is 5.69 Å². The molecule has 9 heteroatoms. The normalized spacial score (nSPS) is 14.6. The summed E-state index contributed by atoms with van der Waals surface area (Å²) in [6.07, 6.45) is 3.37. The highest BCUT2D eigenvalue weighted by atomic mass is 79.9. The lowest BCUT2D eigenvalue weighted by atomic mass is 10.2. The third-order valence-corrected chi connectivity index (χ3v) is 6.47. The van der Waals surface area contributed by atoms with E-state index in [2.05, 4.69) is 27.8 Å². The number of aryl methyl sites for hydroxylation is 1. The lowest BCUT2D eigenvalue weighted by Crippen LogP contribution is -2.27. The SMILES string of the molecule is C=CCN1C(=O)/C(=C/c2cc(Br)c(OCC(=O)Nc3ccccc3C)c(OC)c2)SC1=S. The molecule has 1 fully saturated rings. The molecule has 0 radical (unpaired) electrons. The predicted octanol–water partition coefficient (Wildman–Crippen LogP) is 5.17. The maximum atomic E-state index is 12.6. The maximum absolute atomic E-state index is 12.6. The number of benzene rings is 2. The van der Waals surface area contributed by atoms with E-state index in [1.807, 2.05) is 31.2 Å². The summed E-state index contributed by atoms with van der Waals surface area (Å²) in [5.41, 5.74) is 2.42. The van der Waals surface area contributed by atoms with Crippen LogP contribution >= 0.6 is 39.9 Å². The summed E-state index contributed by atoms with van der Waals surface area (Å²) in [6.45, 7) is 5.75. The number of rotatable bonds is 8. The molecule has 0 saturated carbocycles. The van der Waals surface area contributed by atoms with Gasteiger partial charge in [0.15, 0.2) is 18.1 Å². The van der Waals surface area contributed by atoms with Crippen LogP contribution in [0.1, 0.15) is 11.1 Å². The Balaban J connectivity index is 1.75. The molecule has 2 amide bonds. The van der Waals surface area contributed by atoms with Crippen LogP contribution in [0.25, 0.3) is 6.08 Å². The highest BCUT2D eigenvalue weighted by molar-refractivity contribution is 9.10. The van der Waals surface area contributed by atoms with Gasteiger partial charge in [-0.15, -0.1) is 6.58 Å². The standard InChI is InChI=1S/C23H21BrN2O4S2/c1-4-9-26-22(28)19(32-23(26)31)12-15-10-16(24)21(18(11-15)29-3)30-13-20(27)25-17-8-6-5-7-14(17)2/h4-8,10-12H,1,9,13H2,2-3H3,(H,25,27)/b19-12-. The van der Waals surface area contributed by atoms with E-state index in [1.54, 1.807) is 24.3 Å². The number of para-hydroxylation sites is 1. The molecule has 0 bridgehead atoms. The minimum atomic E-state index is -0.289. The fraction of sp³-hybridized carbons (Fsp3) is 0.174. The van der Waals surface area contributed by atoms with E-state index < -0.39 is 0 Å². The minimum Gasteiger partial charge on any atom is -0.493 e. The highest BCUT2D eigenvalue weighted by Gasteiger charge is 2.31. The van der Waals surface area contributed by atoms with Gasteiger partial charge in [0.25, 0.3) is 11.8 Å². The molecule has 1 saturated heterocycles. The number of hydrogen-bond donors (Lipinski definition) is 1. The van der Waals surface area contributed by atoms with Crippen LogP contribution in [0.3, 0.4) is 0 Å². The number of amides is 2. The van der Waals surface area contributed by atoms with Crippen molar-refractivity contribution in [2.24, 2.45) is 0 Å². The molecular weight excluding hydrogens is 512 g/mol. The first-order valence-electron chi connectivity index (χ1n) is 9.56. The Morgan fingerprint density at radius 2 is 2.09 bits per heavy atom. The fourth-order valence-corrected chi connectivity index (χ4v) is 4.79. The third-order valence-electron chi connectivity index (χ3n) is 4.50. The van der Waals surface area contributed by atoms with Gasteiger partial charge >= 0.3 is 0 Å². The van der Waals surface area contributed by atoms with Crippen molar-refractivity contribution in [2.45, 2.75) is 6.92 Å². The number of carbonyl (C=O) groups excluding carboxylic acids is 2. The Morgan fingerprint density at radius 1 is 1.34 bits per heavy atom. The number of ether oxygens (including phenoxy) is 2. The van der Waals surface area contributed by atoms with E-state index >= 15 is 0 Å². The molecule has 2 aromatic carbocycles. The zero-order valence-electron chi connectivity index (χ0n) is 17.5. The van der Waals surface area contributed by atoms with Crippen molar-refractivity contribution in [3.8, 4) is 11.5 Å². The molecular formula is C23H21BrN2O4S2. The lowest BCUT2D eigenvalue weighted by molar-refractivity contribution is -0.121. The van der Waals surface area contributed by atoms with Gasteiger partial charge in [-0.2, -0.15) is 0 Å². The van der Waals surface area contributed by atoms with Gasteiger partial charge in [-0.25, -0.2) is 0 Å². The number of nitrogens with zero attached hydrogens (tertiary/aromatic N) is 1. The number of methoxy groups -OCH3 is 1. The zero-order chi connectivity index (χ0) is 23.3. The quantitative estimate of drug-likeness (QED) is 0.287. The average molecular weight is 533 g/mol. The summed E-state index contributed by atoms with van der Waals surface area (Å²) < 4.78 is 12.3. The number of thioether (sulfide) groups is 1. The van der Waals surface area contributed by atoms with Gasteiger partial charge in [0, 0.05) is 12.2 Å². The zero-order valence-corrected chi connectivity index (χ0v) is 20.7. The molecule has 6 nitrogen and oxygen atoms in total. The van der Waals surface area contributed by atoms with Crippen molar-refractivity contribution in [3.05, 3.63) is 69.6 Å². The van der Waals surface area contributed by atoms with Crippen LogP contribution in [0.2, 0.25) is 0 Å². The van der Waals surface area contributed by atoms with Crippen molar-refractivity contribution in [1.82, 2.24) is 4.90 Å². The van der Waals surface area contributed by atoms with E-state index in [0.717, 1.165) is 16.8 Å². The number of carbonyl (C=O) groups is 2. The first-order valence-corrected chi connectivity index (χ1v) is 11.6. The van der Waals surface area contributed by atoms with Crippen LogP contribution < -0.4 is 14.8 Å². The summed E-state index contributed by atoms with van der Waals surface area (Å²) in [5, 5.41) is 2.83. The maximum Gasteiger partial charge on any atom is 0.266 e. The van der Waals surface area contributed by atoms with E-state index in [1.165, 1.54) is 23.8 Å². The number of thiocarbonyl (C=S) groups is 1. The molecule has 0 atom stereocenters. The summed E-state index contributed by atoms with van der Waals surface area (Å²) in [6, 6.07) is 11.0. The molecule has 32 heavy (non-hydrogen) atoms. The van der Waals surface area contributed by atoms with Crippen molar-refractivity contribution in [3.63, 3.8) is 0 Å². The minimum absolute atomic E-state index is 0.164. The van der Waals surface area contributed by atoms with Crippen LogP contribution in [0, 0.1) is 6.92 Å². The Kier molecular flexibility index (Phi) is 8.11. The van der Waals surface area contributed by atoms with E-state index in [-0.39, 0.29) is 18.4 Å². The van der Waals surface area contributed by atoms with Gasteiger partial charge in [0.2, 0.25) is 0 Å². The monoisotopic (exact) mass is 532 g/mol. The van der Waals surface area contributed by atoms with E-state index in [0.29, 0.717) is 31.7 Å². The molecule has 3 rings (SSSR count). The van der Waals surface area contributed by atoms with Gasteiger partial charge < -0.3 is 14.8 Å². The number of hydrogen-bond acceptors (Lipinski definition) is 6. The molecule has 1 heterocycles. The second kappa shape index (κ2) is 10.8. The molecule has 0 aliphatic carbocycles. The largest absolute Gasteiger partial charge is 0.493 e. The van der Waals surface area contributed by atoms with Gasteiger partial charge in [0.1, 0.15) is 4.32 Å². The van der Waals surface area contributed by atoms with E-state index in [4.69, 9.17) is 21.7 Å². The number of nitrogens with one attached hydrogen (secondary N) is 1. The van der Waals surface area contributed by atoms with Crippen LogP contribution in [-0.4, -0.2) is 41.3 Å². The number of anilines is 1.